The van der Waals surface area contributed by atoms with E-state index in [0.29, 0.717) is 19.4 Å². The number of unbranched alkanes of at least 4 members (excludes halogenated alkanes) is 3. The van der Waals surface area contributed by atoms with Crippen LogP contribution in [0.5, 0.6) is 0 Å². The van der Waals surface area contributed by atoms with Crippen molar-refractivity contribution in [1.29, 1.82) is 0 Å². The molecule has 1 aliphatic rings. The van der Waals surface area contributed by atoms with Gasteiger partial charge < -0.3 is 20.2 Å². The number of halogens is 1. The minimum Gasteiger partial charge on any atom is -0.396 e. The highest BCUT2D eigenvalue weighted by Gasteiger charge is 2.23. The summed E-state index contributed by atoms with van der Waals surface area (Å²) in [6.45, 7) is -0.490. The molecule has 1 heterocycles. The molecule has 0 saturated heterocycles. The fraction of sp³-hybridized carbons (Fsp3) is 0.667. The van der Waals surface area contributed by atoms with Gasteiger partial charge in [-0.1, -0.05) is 11.6 Å². The summed E-state index contributed by atoms with van der Waals surface area (Å²) in [5.74, 6) is -0.562. The molecule has 0 fully saturated rings. The molecule has 0 aromatic heterocycles. The first-order chi connectivity index (χ1) is 11.5. The third-order valence-corrected chi connectivity index (χ3v) is 3.46. The average molecular weight is 346 g/mol. The molecule has 0 radical (unpaired) electrons. The van der Waals surface area contributed by atoms with Gasteiger partial charge >= 0.3 is 0 Å². The number of aliphatic hydroxyl groups is 3. The first-order valence-corrected chi connectivity index (χ1v) is 7.76. The summed E-state index contributed by atoms with van der Waals surface area (Å²) in [4.78, 5) is 28.7. The van der Waals surface area contributed by atoms with E-state index in [2.05, 4.69) is 5.16 Å². The average Bonchev–Trinajstić information content (AvgIpc) is 2.90. The number of imide groups is 1. The van der Waals surface area contributed by atoms with Gasteiger partial charge in [-0.3, -0.25) is 14.5 Å². The fourth-order valence-corrected chi connectivity index (χ4v) is 2.01. The van der Waals surface area contributed by atoms with Gasteiger partial charge in [0.2, 0.25) is 0 Å². The molecule has 8 nitrogen and oxygen atoms in total. The van der Waals surface area contributed by atoms with Crippen LogP contribution in [0.25, 0.3) is 0 Å². The first kappa shape index (κ1) is 20.2. The zero-order valence-corrected chi connectivity index (χ0v) is 13.3. The second-order valence-electron chi connectivity index (χ2n) is 5.37. The van der Waals surface area contributed by atoms with Crippen LogP contribution in [0.15, 0.2) is 17.3 Å². The van der Waals surface area contributed by atoms with Crippen molar-refractivity contribution in [2.24, 2.45) is 5.16 Å². The highest BCUT2D eigenvalue weighted by molar-refractivity contribution is 6.12. The molecule has 24 heavy (non-hydrogen) atoms. The van der Waals surface area contributed by atoms with Gasteiger partial charge in [0.1, 0.15) is 31.6 Å². The number of rotatable bonds is 12. The van der Waals surface area contributed by atoms with Gasteiger partial charge in [-0.25, -0.2) is 4.39 Å². The molecule has 1 rings (SSSR count). The molecule has 3 N–H and O–H groups in total. The Morgan fingerprint density at radius 2 is 1.75 bits per heavy atom. The Balaban J connectivity index is 2.01. The van der Waals surface area contributed by atoms with E-state index in [1.165, 1.54) is 17.1 Å². The van der Waals surface area contributed by atoms with Crippen molar-refractivity contribution in [3.05, 3.63) is 12.2 Å². The van der Waals surface area contributed by atoms with Crippen LogP contribution in [-0.4, -0.2) is 76.4 Å². The third-order valence-electron chi connectivity index (χ3n) is 3.46. The van der Waals surface area contributed by atoms with E-state index in [1.807, 2.05) is 0 Å². The summed E-state index contributed by atoms with van der Waals surface area (Å²) < 4.78 is 12.1. The summed E-state index contributed by atoms with van der Waals surface area (Å²) in [6.07, 6.45) is 1.57. The fourth-order valence-electron chi connectivity index (χ4n) is 2.01. The molecule has 3 atom stereocenters. The highest BCUT2D eigenvalue weighted by Crippen LogP contribution is 2.07. The van der Waals surface area contributed by atoms with Crippen LogP contribution in [-0.2, 0) is 14.4 Å². The Kier molecular flexibility index (Phi) is 9.13. The number of alkyl halides is 1. The monoisotopic (exact) mass is 346 g/mol. The Bertz CT molecular complexity index is 453. The SMILES string of the molecule is O=C1C=CC(=O)N1CCCCCCON=C[C@H](O)[C@H](O)[C@H](O)CF. The largest absolute Gasteiger partial charge is 0.396 e. The van der Waals surface area contributed by atoms with E-state index in [0.717, 1.165) is 19.1 Å². The van der Waals surface area contributed by atoms with Crippen molar-refractivity contribution < 1.29 is 34.1 Å². The topological polar surface area (TPSA) is 120 Å². The molecule has 0 saturated carbocycles. The molecular weight excluding hydrogens is 323 g/mol. The lowest BCUT2D eigenvalue weighted by atomic mass is 10.1. The van der Waals surface area contributed by atoms with Crippen molar-refractivity contribution in [1.82, 2.24) is 4.90 Å². The van der Waals surface area contributed by atoms with Gasteiger partial charge in [0.05, 0.1) is 6.21 Å². The van der Waals surface area contributed by atoms with Gasteiger partial charge in [0, 0.05) is 18.7 Å². The molecule has 2 amide bonds. The number of hydrogen-bond acceptors (Lipinski definition) is 7. The van der Waals surface area contributed by atoms with Crippen LogP contribution < -0.4 is 0 Å². The van der Waals surface area contributed by atoms with Gasteiger partial charge in [-0.15, -0.1) is 0 Å². The maximum absolute atomic E-state index is 12.1. The molecular formula is C15H23FN2O6. The van der Waals surface area contributed by atoms with Crippen molar-refractivity contribution >= 4 is 18.0 Å². The zero-order valence-electron chi connectivity index (χ0n) is 13.3. The van der Waals surface area contributed by atoms with Crippen LogP contribution >= 0.6 is 0 Å². The summed E-state index contributed by atoms with van der Waals surface area (Å²) in [6, 6.07) is 0. The summed E-state index contributed by atoms with van der Waals surface area (Å²) in [7, 11) is 0. The number of carbonyl (C=O) groups excluding carboxylic acids is 2. The molecule has 0 unspecified atom stereocenters. The van der Waals surface area contributed by atoms with Gasteiger partial charge in [-0.05, 0) is 19.3 Å². The van der Waals surface area contributed by atoms with Crippen molar-refractivity contribution in [3.63, 3.8) is 0 Å². The number of amides is 2. The minimum atomic E-state index is -1.67. The lowest BCUT2D eigenvalue weighted by Gasteiger charge is -2.17. The van der Waals surface area contributed by atoms with E-state index in [4.69, 9.17) is 9.94 Å². The molecule has 0 aliphatic carbocycles. The van der Waals surface area contributed by atoms with Crippen LogP contribution in [0.4, 0.5) is 4.39 Å². The lowest BCUT2D eigenvalue weighted by molar-refractivity contribution is -0.136. The quantitative estimate of drug-likeness (QED) is 0.190. The summed E-state index contributed by atoms with van der Waals surface area (Å²) in [5, 5.41) is 31.1. The van der Waals surface area contributed by atoms with Crippen LogP contribution in [0, 0.1) is 0 Å². The molecule has 0 aromatic rings. The lowest BCUT2D eigenvalue weighted by Crippen LogP contribution is -2.39. The predicted octanol–water partition coefficient (Wildman–Crippen LogP) is -0.474. The predicted molar refractivity (Wildman–Crippen MR) is 82.8 cm³/mol. The second-order valence-corrected chi connectivity index (χ2v) is 5.37. The van der Waals surface area contributed by atoms with E-state index in [-0.39, 0.29) is 18.4 Å². The number of nitrogens with zero attached hydrogens (tertiary/aromatic N) is 2. The zero-order chi connectivity index (χ0) is 17.9. The van der Waals surface area contributed by atoms with E-state index >= 15 is 0 Å². The second kappa shape index (κ2) is 10.8. The molecule has 0 bridgehead atoms. The van der Waals surface area contributed by atoms with Gasteiger partial charge in [0.15, 0.2) is 0 Å². The van der Waals surface area contributed by atoms with Crippen molar-refractivity contribution in [2.45, 2.75) is 44.0 Å². The standard InChI is InChI=1S/C15H23FN2O6/c16-9-11(19)15(23)12(20)10-17-24-8-4-2-1-3-7-18-13(21)5-6-14(18)22/h5-6,10-12,15,19-20,23H,1-4,7-9H2/t11-,12+,15-/m1/s1. The smallest absolute Gasteiger partial charge is 0.253 e. The number of hydrogen-bond donors (Lipinski definition) is 3. The van der Waals surface area contributed by atoms with Crippen LogP contribution in [0.1, 0.15) is 25.7 Å². The first-order valence-electron chi connectivity index (χ1n) is 7.76. The molecule has 9 heteroatoms. The van der Waals surface area contributed by atoms with Crippen molar-refractivity contribution in [3.8, 4) is 0 Å². The van der Waals surface area contributed by atoms with Gasteiger partial charge in [-0.2, -0.15) is 0 Å². The Labute approximate surface area is 139 Å². The van der Waals surface area contributed by atoms with E-state index in [1.54, 1.807) is 0 Å². The van der Waals surface area contributed by atoms with Crippen LogP contribution in [0.3, 0.4) is 0 Å². The molecule has 0 spiro atoms. The highest BCUT2D eigenvalue weighted by atomic mass is 19.1. The maximum Gasteiger partial charge on any atom is 0.253 e. The summed E-state index contributed by atoms with van der Waals surface area (Å²) >= 11 is 0. The summed E-state index contributed by atoms with van der Waals surface area (Å²) in [5.41, 5.74) is 0. The normalized spacial score (nSPS) is 18.4. The van der Waals surface area contributed by atoms with E-state index < -0.39 is 25.0 Å². The Morgan fingerprint density at radius 1 is 1.12 bits per heavy atom. The van der Waals surface area contributed by atoms with Gasteiger partial charge in [0.25, 0.3) is 11.8 Å². The van der Waals surface area contributed by atoms with E-state index in [9.17, 15) is 24.2 Å². The Morgan fingerprint density at radius 3 is 2.38 bits per heavy atom. The maximum atomic E-state index is 12.1. The molecule has 0 aromatic carbocycles. The van der Waals surface area contributed by atoms with Crippen LogP contribution in [0.2, 0.25) is 0 Å². The number of aliphatic hydroxyl groups excluding tert-OH is 3. The number of oxime groups is 1. The molecule has 1 aliphatic heterocycles. The third kappa shape index (κ3) is 6.73. The Hall–Kier alpha value is -1.84. The number of carbonyl (C=O) groups is 2. The van der Waals surface area contributed by atoms with Crippen molar-refractivity contribution in [2.75, 3.05) is 19.8 Å². The minimum absolute atomic E-state index is 0.281. The molecule has 136 valence electrons.